The molecular formula is C32H40ClN3O3. The lowest BCUT2D eigenvalue weighted by atomic mass is 10.1. The molecule has 1 aliphatic rings. The summed E-state index contributed by atoms with van der Waals surface area (Å²) in [7, 11) is 1.66. The fourth-order valence-corrected chi connectivity index (χ4v) is 5.35. The van der Waals surface area contributed by atoms with Crippen molar-refractivity contribution in [3.8, 4) is 0 Å². The Hall–Kier alpha value is -3.09. The Morgan fingerprint density at radius 1 is 1.03 bits per heavy atom. The summed E-state index contributed by atoms with van der Waals surface area (Å²) in [5.74, 6) is 0.508. The third-order valence-electron chi connectivity index (χ3n) is 7.26. The summed E-state index contributed by atoms with van der Waals surface area (Å²) in [6.45, 7) is 7.09. The minimum Gasteiger partial charge on any atom is -0.385 e. The Labute approximate surface area is 237 Å². The predicted molar refractivity (Wildman–Crippen MR) is 156 cm³/mol. The fourth-order valence-electron chi connectivity index (χ4n) is 5.15. The second kappa shape index (κ2) is 13.8. The number of benzene rings is 2. The van der Waals surface area contributed by atoms with Gasteiger partial charge < -0.3 is 19.1 Å². The van der Waals surface area contributed by atoms with Gasteiger partial charge in [0.1, 0.15) is 0 Å². The summed E-state index contributed by atoms with van der Waals surface area (Å²) in [6.07, 6.45) is 3.56. The molecule has 0 spiro atoms. The number of ether oxygens (including phenoxy) is 1. The number of hydrogen-bond acceptors (Lipinski definition) is 3. The van der Waals surface area contributed by atoms with Gasteiger partial charge in [0, 0.05) is 56.2 Å². The molecule has 0 aliphatic heterocycles. The molecule has 2 amide bonds. The highest BCUT2D eigenvalue weighted by atomic mass is 35.5. The maximum absolute atomic E-state index is 13.7. The third-order valence-corrected chi connectivity index (χ3v) is 7.63. The highest BCUT2D eigenvalue weighted by Gasteiger charge is 2.46. The zero-order valence-corrected chi connectivity index (χ0v) is 24.0. The van der Waals surface area contributed by atoms with E-state index in [2.05, 4.69) is 30.5 Å². The summed E-state index contributed by atoms with van der Waals surface area (Å²) < 4.78 is 7.38. The van der Waals surface area contributed by atoms with Crippen LogP contribution in [-0.2, 0) is 27.4 Å². The lowest BCUT2D eigenvalue weighted by Gasteiger charge is -2.29. The van der Waals surface area contributed by atoms with E-state index in [4.69, 9.17) is 16.3 Å². The Kier molecular flexibility index (Phi) is 10.2. The number of aromatic nitrogens is 1. The number of carbonyl (C=O) groups is 2. The molecular weight excluding hydrogens is 510 g/mol. The number of halogens is 1. The zero-order chi connectivity index (χ0) is 27.8. The van der Waals surface area contributed by atoms with Gasteiger partial charge in [-0.25, -0.2) is 0 Å². The predicted octanol–water partition coefficient (Wildman–Crippen LogP) is 5.84. The van der Waals surface area contributed by atoms with Crippen LogP contribution in [-0.4, -0.2) is 59.5 Å². The van der Waals surface area contributed by atoms with Crippen LogP contribution >= 0.6 is 11.6 Å². The lowest BCUT2D eigenvalue weighted by Crippen LogP contribution is -2.45. The molecule has 0 N–H and O–H groups in total. The van der Waals surface area contributed by atoms with Crippen molar-refractivity contribution in [1.29, 1.82) is 0 Å². The van der Waals surface area contributed by atoms with Crippen molar-refractivity contribution in [2.75, 3.05) is 33.4 Å². The van der Waals surface area contributed by atoms with Gasteiger partial charge in [0.15, 0.2) is 0 Å². The Morgan fingerprint density at radius 3 is 2.49 bits per heavy atom. The van der Waals surface area contributed by atoms with Crippen LogP contribution < -0.4 is 0 Å². The molecule has 39 heavy (non-hydrogen) atoms. The van der Waals surface area contributed by atoms with E-state index in [0.29, 0.717) is 45.1 Å². The van der Waals surface area contributed by atoms with Crippen molar-refractivity contribution in [3.63, 3.8) is 0 Å². The Morgan fingerprint density at radius 2 is 1.77 bits per heavy atom. The zero-order valence-electron chi connectivity index (χ0n) is 23.3. The van der Waals surface area contributed by atoms with Gasteiger partial charge in [0.2, 0.25) is 11.8 Å². The molecule has 0 saturated heterocycles. The molecule has 3 aromatic rings. The lowest BCUT2D eigenvalue weighted by molar-refractivity contribution is -0.142. The molecule has 0 radical (unpaired) electrons. The fraction of sp³-hybridized carbons (Fsp3) is 0.438. The molecule has 6 nitrogen and oxygen atoms in total. The summed E-state index contributed by atoms with van der Waals surface area (Å²) in [6, 6.07) is 22.1. The van der Waals surface area contributed by atoms with E-state index in [9.17, 15) is 9.59 Å². The molecule has 2 aromatic carbocycles. The minimum atomic E-state index is -0.0610. The van der Waals surface area contributed by atoms with E-state index >= 15 is 0 Å². The van der Waals surface area contributed by atoms with Crippen molar-refractivity contribution in [2.24, 2.45) is 11.8 Å². The van der Waals surface area contributed by atoms with Gasteiger partial charge in [0.05, 0.1) is 13.1 Å². The molecule has 7 heteroatoms. The smallest absolute Gasteiger partial charge is 0.242 e. The van der Waals surface area contributed by atoms with Crippen LogP contribution in [0.25, 0.3) is 0 Å². The molecule has 0 bridgehead atoms. The molecule has 1 aliphatic carbocycles. The average Bonchev–Trinajstić information content (AvgIpc) is 3.62. The number of hydrogen-bond donors (Lipinski definition) is 0. The standard InChI is InChI=1S/C32H40ClN3O3/c1-24(2)20-36(22-27-14-9-16-34(27)21-26-13-7-8-15-30(26)33)31(37)23-35(17-10-18-39-3)32(38)29-19-28(29)25-11-5-4-6-12-25/h4-9,11-16,24,28-29H,10,17-23H2,1-3H3. The average molecular weight is 550 g/mol. The van der Waals surface area contributed by atoms with E-state index in [1.807, 2.05) is 65.7 Å². The highest BCUT2D eigenvalue weighted by Crippen LogP contribution is 2.48. The van der Waals surface area contributed by atoms with Crippen LogP contribution in [0.5, 0.6) is 0 Å². The molecule has 1 fully saturated rings. The van der Waals surface area contributed by atoms with Crippen LogP contribution in [0.4, 0.5) is 0 Å². The quantitative estimate of drug-likeness (QED) is 0.237. The summed E-state index contributed by atoms with van der Waals surface area (Å²) >= 11 is 6.41. The molecule has 2 unspecified atom stereocenters. The second-order valence-corrected chi connectivity index (χ2v) is 11.3. The van der Waals surface area contributed by atoms with E-state index in [1.165, 1.54) is 5.56 Å². The van der Waals surface area contributed by atoms with Crippen LogP contribution in [0.2, 0.25) is 5.02 Å². The molecule has 208 valence electrons. The molecule has 1 aromatic heterocycles. The van der Waals surface area contributed by atoms with Crippen LogP contribution in [0.1, 0.15) is 49.4 Å². The Balaban J connectivity index is 1.46. The second-order valence-electron chi connectivity index (χ2n) is 10.9. The molecule has 4 rings (SSSR count). The first-order valence-corrected chi connectivity index (χ1v) is 14.2. The summed E-state index contributed by atoms with van der Waals surface area (Å²) in [5.41, 5.74) is 3.26. The van der Waals surface area contributed by atoms with E-state index < -0.39 is 0 Å². The first-order chi connectivity index (χ1) is 18.9. The van der Waals surface area contributed by atoms with Gasteiger partial charge in [-0.1, -0.05) is 74.0 Å². The number of carbonyl (C=O) groups excluding carboxylic acids is 2. The molecule has 1 saturated carbocycles. The van der Waals surface area contributed by atoms with Gasteiger partial charge in [-0.2, -0.15) is 0 Å². The third kappa shape index (κ3) is 7.96. The first kappa shape index (κ1) is 28.9. The van der Waals surface area contributed by atoms with Crippen molar-refractivity contribution < 1.29 is 14.3 Å². The van der Waals surface area contributed by atoms with Crippen LogP contribution in [0.15, 0.2) is 72.9 Å². The number of methoxy groups -OCH3 is 1. The van der Waals surface area contributed by atoms with Gasteiger partial charge in [-0.05, 0) is 54.0 Å². The van der Waals surface area contributed by atoms with Crippen LogP contribution in [0.3, 0.4) is 0 Å². The van der Waals surface area contributed by atoms with E-state index in [1.54, 1.807) is 12.0 Å². The highest BCUT2D eigenvalue weighted by molar-refractivity contribution is 6.31. The summed E-state index contributed by atoms with van der Waals surface area (Å²) in [5, 5.41) is 0.728. The van der Waals surface area contributed by atoms with E-state index in [-0.39, 0.29) is 30.2 Å². The first-order valence-electron chi connectivity index (χ1n) is 13.8. The maximum atomic E-state index is 13.7. The minimum absolute atomic E-state index is 0.0307. The largest absolute Gasteiger partial charge is 0.385 e. The van der Waals surface area contributed by atoms with Crippen molar-refractivity contribution in [3.05, 3.63) is 94.8 Å². The van der Waals surface area contributed by atoms with Gasteiger partial charge >= 0.3 is 0 Å². The molecule has 1 heterocycles. The van der Waals surface area contributed by atoms with Crippen molar-refractivity contribution >= 4 is 23.4 Å². The number of rotatable bonds is 14. The van der Waals surface area contributed by atoms with Gasteiger partial charge in [0.25, 0.3) is 0 Å². The topological polar surface area (TPSA) is 54.8 Å². The van der Waals surface area contributed by atoms with Gasteiger partial charge in [-0.15, -0.1) is 0 Å². The normalized spacial score (nSPS) is 16.3. The molecule has 2 atom stereocenters. The van der Waals surface area contributed by atoms with Crippen molar-refractivity contribution in [1.82, 2.24) is 14.4 Å². The van der Waals surface area contributed by atoms with Crippen LogP contribution in [0, 0.1) is 11.8 Å². The number of amides is 2. The maximum Gasteiger partial charge on any atom is 0.242 e. The van der Waals surface area contributed by atoms with Crippen molar-refractivity contribution in [2.45, 2.75) is 45.7 Å². The SMILES string of the molecule is COCCCN(CC(=O)N(Cc1cccn1Cc1ccccc1Cl)CC(C)C)C(=O)C1CC1c1ccccc1. The Bertz CT molecular complexity index is 1230. The van der Waals surface area contributed by atoms with E-state index in [0.717, 1.165) is 22.7 Å². The summed E-state index contributed by atoms with van der Waals surface area (Å²) in [4.78, 5) is 31.0. The monoisotopic (exact) mass is 549 g/mol. The van der Waals surface area contributed by atoms with Gasteiger partial charge in [-0.3, -0.25) is 9.59 Å². The number of nitrogens with zero attached hydrogens (tertiary/aromatic N) is 3.